The van der Waals surface area contributed by atoms with Gasteiger partial charge in [0.15, 0.2) is 5.82 Å². The molecule has 7 nitrogen and oxygen atoms in total. The number of nitrogens with one attached hydrogen (secondary N) is 2. The van der Waals surface area contributed by atoms with Crippen LogP contribution in [0.3, 0.4) is 0 Å². The smallest absolute Gasteiger partial charge is 0.213 e. The Balaban J connectivity index is 2.30. The third-order valence-corrected chi connectivity index (χ3v) is 1.49. The van der Waals surface area contributed by atoms with Crippen molar-refractivity contribution < 1.29 is 4.52 Å². The van der Waals surface area contributed by atoms with E-state index in [-0.39, 0.29) is 0 Å². The lowest BCUT2D eigenvalue weighted by Gasteiger charge is -2.05. The van der Waals surface area contributed by atoms with Crippen molar-refractivity contribution in [1.82, 2.24) is 20.9 Å². The molecular weight excluding hydrogens is 184 g/mol. The summed E-state index contributed by atoms with van der Waals surface area (Å²) in [5, 5.41) is 6.62. The van der Waals surface area contributed by atoms with Crippen molar-refractivity contribution in [2.75, 3.05) is 13.1 Å². The summed E-state index contributed by atoms with van der Waals surface area (Å²) in [4.78, 5) is 8.02. The van der Waals surface area contributed by atoms with Crippen molar-refractivity contribution in [3.8, 4) is 0 Å². The summed E-state index contributed by atoms with van der Waals surface area (Å²) >= 11 is 0. The van der Waals surface area contributed by atoms with E-state index in [4.69, 9.17) is 5.84 Å². The molecule has 14 heavy (non-hydrogen) atoms. The molecular formula is C7H14N6O. The first-order valence-electron chi connectivity index (χ1n) is 4.37. The maximum absolute atomic E-state index is 5.23. The summed E-state index contributed by atoms with van der Waals surface area (Å²) in [5.41, 5.74) is 2.46. The zero-order chi connectivity index (χ0) is 10.2. The van der Waals surface area contributed by atoms with E-state index in [0.717, 1.165) is 6.54 Å². The maximum Gasteiger partial charge on any atom is 0.213 e. The van der Waals surface area contributed by atoms with E-state index in [0.29, 0.717) is 24.7 Å². The van der Waals surface area contributed by atoms with Crippen molar-refractivity contribution >= 4 is 5.96 Å². The van der Waals surface area contributed by atoms with Crippen LogP contribution in [0.1, 0.15) is 12.7 Å². The number of guanidine groups is 1. The van der Waals surface area contributed by atoms with Crippen molar-refractivity contribution in [1.29, 1.82) is 0 Å². The molecule has 0 atom stereocenters. The number of hydrogen-bond acceptors (Lipinski definition) is 5. The fourth-order valence-corrected chi connectivity index (χ4v) is 0.890. The number of aromatic nitrogens is 2. The molecule has 0 spiro atoms. The lowest BCUT2D eigenvalue weighted by atomic mass is 10.4. The first kappa shape index (κ1) is 10.5. The van der Waals surface area contributed by atoms with Gasteiger partial charge in [-0.2, -0.15) is 4.98 Å². The monoisotopic (exact) mass is 198 g/mol. The molecule has 7 heteroatoms. The normalized spacial score (nSPS) is 11.4. The molecule has 0 saturated heterocycles. The summed E-state index contributed by atoms with van der Waals surface area (Å²) < 4.78 is 4.58. The van der Waals surface area contributed by atoms with E-state index >= 15 is 0 Å². The quantitative estimate of drug-likeness (QED) is 0.249. The largest absolute Gasteiger partial charge is 0.356 e. The van der Waals surface area contributed by atoms with Gasteiger partial charge in [-0.25, -0.2) is 5.84 Å². The zero-order valence-electron chi connectivity index (χ0n) is 8.03. The van der Waals surface area contributed by atoms with Gasteiger partial charge in [0.25, 0.3) is 0 Å². The Morgan fingerprint density at radius 2 is 2.57 bits per heavy atom. The molecule has 0 radical (unpaired) electrons. The molecule has 0 aromatic carbocycles. The lowest BCUT2D eigenvalue weighted by Crippen LogP contribution is -2.41. The second-order valence-corrected chi connectivity index (χ2v) is 2.50. The maximum atomic E-state index is 5.23. The van der Waals surface area contributed by atoms with Gasteiger partial charge in [0.1, 0.15) is 0 Å². The predicted molar refractivity (Wildman–Crippen MR) is 51.3 cm³/mol. The Bertz CT molecular complexity index is 270. The van der Waals surface area contributed by atoms with Crippen molar-refractivity contribution in [3.05, 3.63) is 12.2 Å². The molecule has 0 unspecified atom stereocenters. The van der Waals surface area contributed by atoms with Gasteiger partial charge in [0.2, 0.25) is 12.4 Å². The summed E-state index contributed by atoms with van der Waals surface area (Å²) in [6, 6.07) is 0. The van der Waals surface area contributed by atoms with Crippen LogP contribution in [0.4, 0.5) is 0 Å². The number of nitrogens with zero attached hydrogens (tertiary/aromatic N) is 3. The third kappa shape index (κ3) is 3.40. The molecule has 0 aliphatic rings. The number of hydrogen-bond donors (Lipinski definition) is 3. The Hall–Kier alpha value is -1.63. The average molecular weight is 198 g/mol. The van der Waals surface area contributed by atoms with Gasteiger partial charge >= 0.3 is 0 Å². The highest BCUT2D eigenvalue weighted by Gasteiger charge is 1.97. The van der Waals surface area contributed by atoms with Gasteiger partial charge in [-0.05, 0) is 6.92 Å². The van der Waals surface area contributed by atoms with Crippen LogP contribution < -0.4 is 16.6 Å². The number of aliphatic imine (C=N–C) groups is 1. The van der Waals surface area contributed by atoms with Gasteiger partial charge in [0, 0.05) is 13.0 Å². The minimum absolute atomic E-state index is 0.562. The Kier molecular flexibility index (Phi) is 4.42. The summed E-state index contributed by atoms with van der Waals surface area (Å²) in [7, 11) is 0. The van der Waals surface area contributed by atoms with Gasteiger partial charge in [-0.1, -0.05) is 5.16 Å². The molecule has 1 rings (SSSR count). The van der Waals surface area contributed by atoms with Crippen molar-refractivity contribution in [2.45, 2.75) is 13.3 Å². The van der Waals surface area contributed by atoms with E-state index in [1.165, 1.54) is 6.39 Å². The second kappa shape index (κ2) is 5.92. The van der Waals surface area contributed by atoms with Gasteiger partial charge in [-0.15, -0.1) is 0 Å². The van der Waals surface area contributed by atoms with Crippen LogP contribution in [0.2, 0.25) is 0 Å². The molecule has 0 amide bonds. The van der Waals surface area contributed by atoms with Crippen LogP contribution in [-0.2, 0) is 6.42 Å². The second-order valence-electron chi connectivity index (χ2n) is 2.50. The van der Waals surface area contributed by atoms with Crippen LogP contribution in [0.15, 0.2) is 15.9 Å². The first-order chi connectivity index (χ1) is 6.86. The molecule has 1 heterocycles. The molecule has 0 aliphatic heterocycles. The molecule has 4 N–H and O–H groups in total. The minimum atomic E-state index is 0.562. The van der Waals surface area contributed by atoms with E-state index in [9.17, 15) is 0 Å². The summed E-state index contributed by atoms with van der Waals surface area (Å²) in [6.07, 6.45) is 1.93. The molecule has 0 fully saturated rings. The molecule has 78 valence electrons. The summed E-state index contributed by atoms with van der Waals surface area (Å²) in [6.45, 7) is 3.29. The molecule has 0 bridgehead atoms. The standard InChI is InChI=1S/C7H14N6O/c1-2-9-7(12-8)10-4-3-6-11-5-14-13-6/h5H,2-4,8H2,1H3,(H2,9,10,12). The van der Waals surface area contributed by atoms with Crippen LogP contribution in [-0.4, -0.2) is 29.2 Å². The van der Waals surface area contributed by atoms with Crippen LogP contribution in [0.5, 0.6) is 0 Å². The zero-order valence-corrected chi connectivity index (χ0v) is 8.03. The number of hydrazine groups is 1. The third-order valence-electron chi connectivity index (χ3n) is 1.49. The first-order valence-corrected chi connectivity index (χ1v) is 4.37. The Morgan fingerprint density at radius 1 is 1.71 bits per heavy atom. The van der Waals surface area contributed by atoms with Crippen molar-refractivity contribution in [3.63, 3.8) is 0 Å². The van der Waals surface area contributed by atoms with Gasteiger partial charge in [0.05, 0.1) is 6.54 Å². The van der Waals surface area contributed by atoms with E-state index in [1.54, 1.807) is 0 Å². The van der Waals surface area contributed by atoms with E-state index < -0.39 is 0 Å². The highest BCUT2D eigenvalue weighted by Crippen LogP contribution is 1.89. The number of rotatable bonds is 4. The number of nitrogens with two attached hydrogens (primary N) is 1. The Labute approximate surface area is 81.7 Å². The SMILES string of the molecule is CCNC(=NCCc1ncon1)NN. The van der Waals surface area contributed by atoms with Gasteiger partial charge in [-0.3, -0.25) is 10.4 Å². The van der Waals surface area contributed by atoms with Crippen LogP contribution in [0, 0.1) is 0 Å². The minimum Gasteiger partial charge on any atom is -0.356 e. The van der Waals surface area contributed by atoms with E-state index in [1.807, 2.05) is 6.92 Å². The fourth-order valence-electron chi connectivity index (χ4n) is 0.890. The Morgan fingerprint density at radius 3 is 3.14 bits per heavy atom. The van der Waals surface area contributed by atoms with Crippen LogP contribution >= 0.6 is 0 Å². The van der Waals surface area contributed by atoms with E-state index in [2.05, 4.69) is 30.4 Å². The topological polar surface area (TPSA) is 101 Å². The van der Waals surface area contributed by atoms with Gasteiger partial charge < -0.3 is 9.84 Å². The average Bonchev–Trinajstić information content (AvgIpc) is 2.69. The fraction of sp³-hybridized carbons (Fsp3) is 0.571. The van der Waals surface area contributed by atoms with Crippen LogP contribution in [0.25, 0.3) is 0 Å². The molecule has 1 aromatic heterocycles. The molecule has 0 aliphatic carbocycles. The van der Waals surface area contributed by atoms with Crippen molar-refractivity contribution in [2.24, 2.45) is 10.8 Å². The summed E-state index contributed by atoms with van der Waals surface area (Å²) in [5.74, 6) is 6.43. The highest BCUT2D eigenvalue weighted by molar-refractivity contribution is 5.79. The molecule has 1 aromatic rings. The predicted octanol–water partition coefficient (Wildman–Crippen LogP) is -0.959. The lowest BCUT2D eigenvalue weighted by molar-refractivity contribution is 0.410. The molecule has 0 saturated carbocycles. The highest BCUT2D eigenvalue weighted by atomic mass is 16.5.